The Balaban J connectivity index is 0.00000176. The maximum Gasteiger partial charge on any atom is 0.226 e. The van der Waals surface area contributed by atoms with E-state index in [1.807, 2.05) is 24.3 Å². The lowest BCUT2D eigenvalue weighted by Crippen LogP contribution is -2.14. The molecule has 0 bridgehead atoms. The molecule has 1 unspecified atom stereocenters. The Morgan fingerprint density at radius 2 is 2.00 bits per heavy atom. The maximum atomic E-state index is 5.89. The third-order valence-corrected chi connectivity index (χ3v) is 4.20. The monoisotopic (exact) mass is 341 g/mol. The summed E-state index contributed by atoms with van der Waals surface area (Å²) in [5.41, 5.74) is 1.14. The zero-order valence-electron chi connectivity index (χ0n) is 12.4. The van der Waals surface area contributed by atoms with Crippen LogP contribution in [0.3, 0.4) is 0 Å². The first-order chi connectivity index (χ1) is 10.3. The molecule has 1 N–H and O–H groups in total. The molecule has 0 saturated carbocycles. The molecule has 6 heteroatoms. The van der Waals surface area contributed by atoms with Crippen LogP contribution in [0.1, 0.15) is 36.5 Å². The van der Waals surface area contributed by atoms with Crippen LogP contribution in [-0.2, 0) is 12.8 Å². The Bertz CT molecular complexity index is 563. The van der Waals surface area contributed by atoms with Crippen LogP contribution in [0.4, 0.5) is 0 Å². The molecule has 22 heavy (non-hydrogen) atoms. The molecule has 1 atom stereocenters. The summed E-state index contributed by atoms with van der Waals surface area (Å²) >= 11 is 5.89. The fourth-order valence-corrected chi connectivity index (χ4v) is 2.90. The van der Waals surface area contributed by atoms with Crippen molar-refractivity contribution in [2.45, 2.75) is 32.1 Å². The van der Waals surface area contributed by atoms with E-state index in [0.717, 1.165) is 41.8 Å². The van der Waals surface area contributed by atoms with Crippen molar-refractivity contribution in [2.24, 2.45) is 5.92 Å². The van der Waals surface area contributed by atoms with Gasteiger partial charge in [-0.15, -0.1) is 12.4 Å². The molecule has 1 aromatic heterocycles. The number of benzene rings is 1. The first kappa shape index (κ1) is 17.3. The number of nitrogens with one attached hydrogen (secondary N) is 1. The highest BCUT2D eigenvalue weighted by Crippen LogP contribution is 2.19. The van der Waals surface area contributed by atoms with Crippen molar-refractivity contribution in [2.75, 3.05) is 13.1 Å². The number of rotatable bonds is 4. The van der Waals surface area contributed by atoms with Crippen molar-refractivity contribution in [1.82, 2.24) is 15.5 Å². The summed E-state index contributed by atoms with van der Waals surface area (Å²) in [6.45, 7) is 2.22. The first-order valence-corrected chi connectivity index (χ1v) is 7.94. The lowest BCUT2D eigenvalue weighted by Gasteiger charge is -2.09. The fraction of sp³-hybridized carbons (Fsp3) is 0.500. The van der Waals surface area contributed by atoms with E-state index in [1.165, 1.54) is 19.3 Å². The average Bonchev–Trinajstić information content (AvgIpc) is 2.75. The molecule has 2 heterocycles. The number of halogens is 2. The largest absolute Gasteiger partial charge is 0.339 e. The summed E-state index contributed by atoms with van der Waals surface area (Å²) in [7, 11) is 0. The molecule has 4 nitrogen and oxygen atoms in total. The molecule has 1 aliphatic heterocycles. The van der Waals surface area contributed by atoms with E-state index in [4.69, 9.17) is 16.1 Å². The average molecular weight is 342 g/mol. The van der Waals surface area contributed by atoms with E-state index in [-0.39, 0.29) is 12.4 Å². The molecule has 120 valence electrons. The summed E-state index contributed by atoms with van der Waals surface area (Å²) in [5.74, 6) is 2.17. The van der Waals surface area contributed by atoms with E-state index < -0.39 is 0 Å². The van der Waals surface area contributed by atoms with Gasteiger partial charge in [0.05, 0.1) is 0 Å². The Kier molecular flexibility index (Phi) is 6.68. The third kappa shape index (κ3) is 4.97. The zero-order chi connectivity index (χ0) is 14.5. The first-order valence-electron chi connectivity index (χ1n) is 7.56. The Morgan fingerprint density at radius 1 is 1.18 bits per heavy atom. The van der Waals surface area contributed by atoms with Gasteiger partial charge in [-0.2, -0.15) is 4.98 Å². The van der Waals surface area contributed by atoms with Gasteiger partial charge in [0.2, 0.25) is 5.89 Å². The van der Waals surface area contributed by atoms with Gasteiger partial charge in [-0.05, 0) is 56.0 Å². The normalized spacial score (nSPS) is 18.5. The lowest BCUT2D eigenvalue weighted by atomic mass is 9.97. The van der Waals surface area contributed by atoms with Crippen LogP contribution >= 0.6 is 24.0 Å². The molecule has 1 aromatic carbocycles. The molecule has 3 rings (SSSR count). The second-order valence-electron chi connectivity index (χ2n) is 5.66. The quantitative estimate of drug-likeness (QED) is 0.921. The van der Waals surface area contributed by atoms with Crippen LogP contribution in [0, 0.1) is 5.92 Å². The minimum atomic E-state index is 0. The molecule has 1 fully saturated rings. The van der Waals surface area contributed by atoms with Gasteiger partial charge in [0.15, 0.2) is 5.82 Å². The van der Waals surface area contributed by atoms with Gasteiger partial charge in [-0.1, -0.05) is 28.9 Å². The van der Waals surface area contributed by atoms with Crippen molar-refractivity contribution in [3.63, 3.8) is 0 Å². The Hall–Kier alpha value is -1.10. The molecular formula is C16H21Cl2N3O. The highest BCUT2D eigenvalue weighted by Gasteiger charge is 2.16. The summed E-state index contributed by atoms with van der Waals surface area (Å²) in [6, 6.07) is 7.76. The van der Waals surface area contributed by atoms with Crippen molar-refractivity contribution in [1.29, 1.82) is 0 Å². The smallest absolute Gasteiger partial charge is 0.226 e. The standard InChI is InChI=1S/C16H20ClN3O.ClH/c17-14-5-3-13(4-6-14)10-15-19-16(21-20-15)11-12-2-1-8-18-9-7-12;/h3-6,12,18H,1-2,7-11H2;1H. The van der Waals surface area contributed by atoms with Crippen molar-refractivity contribution < 1.29 is 4.52 Å². The summed E-state index contributed by atoms with van der Waals surface area (Å²) < 4.78 is 5.40. The number of hydrogen-bond acceptors (Lipinski definition) is 4. The SMILES string of the molecule is Cl.Clc1ccc(Cc2noc(CC3CCCNCC3)n2)cc1. The van der Waals surface area contributed by atoms with Crippen LogP contribution in [-0.4, -0.2) is 23.2 Å². The summed E-state index contributed by atoms with van der Waals surface area (Å²) in [5, 5.41) is 8.26. The predicted octanol–water partition coefficient (Wildman–Crippen LogP) is 3.67. The second kappa shape index (κ2) is 8.51. The minimum Gasteiger partial charge on any atom is -0.339 e. The van der Waals surface area contributed by atoms with E-state index in [0.29, 0.717) is 12.3 Å². The topological polar surface area (TPSA) is 51.0 Å². The van der Waals surface area contributed by atoms with Crippen LogP contribution in [0.25, 0.3) is 0 Å². The van der Waals surface area contributed by atoms with E-state index in [1.54, 1.807) is 0 Å². The number of nitrogens with zero attached hydrogens (tertiary/aromatic N) is 2. The molecule has 0 amide bonds. The Morgan fingerprint density at radius 3 is 2.82 bits per heavy atom. The van der Waals surface area contributed by atoms with Crippen LogP contribution in [0.5, 0.6) is 0 Å². The summed E-state index contributed by atoms with van der Waals surface area (Å²) in [4.78, 5) is 4.52. The molecule has 1 saturated heterocycles. The molecular weight excluding hydrogens is 321 g/mol. The Labute approximate surface area is 142 Å². The van der Waals surface area contributed by atoms with Gasteiger partial charge >= 0.3 is 0 Å². The van der Waals surface area contributed by atoms with Gasteiger partial charge in [-0.25, -0.2) is 0 Å². The molecule has 1 aliphatic rings. The second-order valence-corrected chi connectivity index (χ2v) is 6.10. The van der Waals surface area contributed by atoms with Crippen LogP contribution in [0.2, 0.25) is 5.02 Å². The zero-order valence-corrected chi connectivity index (χ0v) is 14.0. The van der Waals surface area contributed by atoms with Gasteiger partial charge in [0.25, 0.3) is 0 Å². The van der Waals surface area contributed by atoms with Gasteiger partial charge in [0, 0.05) is 17.9 Å². The van der Waals surface area contributed by atoms with E-state index in [9.17, 15) is 0 Å². The minimum absolute atomic E-state index is 0. The van der Waals surface area contributed by atoms with Crippen molar-refractivity contribution >= 4 is 24.0 Å². The molecule has 2 aromatic rings. The number of hydrogen-bond donors (Lipinski definition) is 1. The summed E-state index contributed by atoms with van der Waals surface area (Å²) in [6.07, 6.45) is 5.25. The van der Waals surface area contributed by atoms with Crippen molar-refractivity contribution in [3.05, 3.63) is 46.6 Å². The molecule has 0 spiro atoms. The van der Waals surface area contributed by atoms with Gasteiger partial charge in [0.1, 0.15) is 0 Å². The highest BCUT2D eigenvalue weighted by molar-refractivity contribution is 6.30. The van der Waals surface area contributed by atoms with Gasteiger partial charge in [-0.3, -0.25) is 0 Å². The highest BCUT2D eigenvalue weighted by atomic mass is 35.5. The molecule has 0 radical (unpaired) electrons. The van der Waals surface area contributed by atoms with E-state index in [2.05, 4.69) is 15.5 Å². The number of aromatic nitrogens is 2. The fourth-order valence-electron chi connectivity index (χ4n) is 2.77. The third-order valence-electron chi connectivity index (χ3n) is 3.94. The van der Waals surface area contributed by atoms with Crippen LogP contribution < -0.4 is 5.32 Å². The predicted molar refractivity (Wildman–Crippen MR) is 89.7 cm³/mol. The van der Waals surface area contributed by atoms with Crippen LogP contribution in [0.15, 0.2) is 28.8 Å². The maximum absolute atomic E-state index is 5.89. The van der Waals surface area contributed by atoms with Gasteiger partial charge < -0.3 is 9.84 Å². The van der Waals surface area contributed by atoms with E-state index >= 15 is 0 Å². The molecule has 0 aliphatic carbocycles. The van der Waals surface area contributed by atoms with Crippen molar-refractivity contribution in [3.8, 4) is 0 Å². The lowest BCUT2D eigenvalue weighted by molar-refractivity contribution is 0.339.